The van der Waals surface area contributed by atoms with Crippen LogP contribution in [0.2, 0.25) is 0 Å². The van der Waals surface area contributed by atoms with Crippen molar-refractivity contribution in [2.45, 2.75) is 65.0 Å². The lowest BCUT2D eigenvalue weighted by atomic mass is 10.1. The normalized spacial score (nSPS) is 23.0. The molecule has 0 aromatic carbocycles. The number of likely N-dealkylation sites (N-methyl/N-ethyl adjacent to an activating group) is 1. The first kappa shape index (κ1) is 21.3. The van der Waals surface area contributed by atoms with E-state index in [-0.39, 0.29) is 23.5 Å². The molecule has 1 atom stereocenters. The van der Waals surface area contributed by atoms with Gasteiger partial charge in [-0.1, -0.05) is 19.3 Å². The van der Waals surface area contributed by atoms with E-state index in [4.69, 9.17) is 0 Å². The van der Waals surface area contributed by atoms with Crippen LogP contribution in [0.4, 0.5) is 0 Å². The van der Waals surface area contributed by atoms with Crippen LogP contribution in [0.25, 0.3) is 0 Å². The molecule has 0 radical (unpaired) electrons. The van der Waals surface area contributed by atoms with E-state index in [0.717, 1.165) is 42.9 Å². The van der Waals surface area contributed by atoms with E-state index >= 15 is 0 Å². The smallest absolute Gasteiger partial charge is 0.236 e. The Morgan fingerprint density at radius 2 is 1.79 bits per heavy atom. The Morgan fingerprint density at radius 1 is 1.14 bits per heavy atom. The van der Waals surface area contributed by atoms with Gasteiger partial charge < -0.3 is 4.90 Å². The third kappa shape index (κ3) is 5.14. The van der Waals surface area contributed by atoms with Gasteiger partial charge in [-0.15, -0.1) is 0 Å². The summed E-state index contributed by atoms with van der Waals surface area (Å²) in [6.07, 6.45) is 6.55. The quantitative estimate of drug-likeness (QED) is 0.743. The van der Waals surface area contributed by atoms with Crippen LogP contribution in [0.5, 0.6) is 0 Å². The van der Waals surface area contributed by atoms with Gasteiger partial charge in [0.15, 0.2) is 9.84 Å². The molecular formula is C20H34N4O3S. The number of nitrogens with zero attached hydrogens (tertiary/aromatic N) is 4. The van der Waals surface area contributed by atoms with E-state index < -0.39 is 9.84 Å². The molecule has 1 amide bonds. The van der Waals surface area contributed by atoms with Gasteiger partial charge in [-0.25, -0.2) is 8.42 Å². The fourth-order valence-electron chi connectivity index (χ4n) is 4.40. The number of carbonyl (C=O) groups excluding carboxylic acids is 1. The summed E-state index contributed by atoms with van der Waals surface area (Å²) >= 11 is 0. The minimum absolute atomic E-state index is 0.0644. The van der Waals surface area contributed by atoms with Crippen molar-refractivity contribution in [1.29, 1.82) is 0 Å². The largest absolute Gasteiger partial charge is 0.342 e. The third-order valence-electron chi connectivity index (χ3n) is 6.07. The molecule has 2 aliphatic heterocycles. The Kier molecular flexibility index (Phi) is 6.81. The van der Waals surface area contributed by atoms with Crippen molar-refractivity contribution in [3.05, 3.63) is 17.0 Å². The molecule has 0 spiro atoms. The molecule has 28 heavy (non-hydrogen) atoms. The lowest BCUT2D eigenvalue weighted by Gasteiger charge is -2.27. The lowest BCUT2D eigenvalue weighted by Crippen LogP contribution is -2.40. The first-order valence-corrected chi connectivity index (χ1v) is 12.3. The number of sulfone groups is 1. The third-order valence-corrected chi connectivity index (χ3v) is 7.82. The zero-order valence-corrected chi connectivity index (χ0v) is 18.3. The fraction of sp³-hybridized carbons (Fsp3) is 0.800. The molecule has 1 aromatic rings. The van der Waals surface area contributed by atoms with Crippen molar-refractivity contribution >= 4 is 15.7 Å². The highest BCUT2D eigenvalue weighted by Crippen LogP contribution is 2.27. The Hall–Kier alpha value is -1.41. The Balaban J connectivity index is 1.62. The van der Waals surface area contributed by atoms with Gasteiger partial charge in [0.1, 0.15) is 0 Å². The minimum atomic E-state index is -2.94. The summed E-state index contributed by atoms with van der Waals surface area (Å²) in [5.41, 5.74) is 3.05. The number of aromatic nitrogens is 2. The lowest BCUT2D eigenvalue weighted by molar-refractivity contribution is -0.132. The van der Waals surface area contributed by atoms with E-state index in [9.17, 15) is 13.2 Å². The van der Waals surface area contributed by atoms with Crippen LogP contribution in [0, 0.1) is 13.8 Å². The maximum Gasteiger partial charge on any atom is 0.236 e. The first-order valence-electron chi connectivity index (χ1n) is 10.5. The standard InChI is InChI=1S/C20H34N4O3S/c1-16-19(17(2)24(21-16)18-9-12-28(26,27)15-18)13-22(3)14-20(25)23-10-7-5-4-6-8-11-23/h18H,4-15H2,1-3H3/t18-/m1/s1. The zero-order valence-electron chi connectivity index (χ0n) is 17.5. The number of carbonyl (C=O) groups is 1. The number of aryl methyl sites for hydroxylation is 1. The Labute approximate surface area is 169 Å². The van der Waals surface area contributed by atoms with E-state index in [2.05, 4.69) is 5.10 Å². The minimum Gasteiger partial charge on any atom is -0.342 e. The van der Waals surface area contributed by atoms with Crippen LogP contribution in [-0.2, 0) is 21.2 Å². The van der Waals surface area contributed by atoms with Crippen LogP contribution in [0.15, 0.2) is 0 Å². The van der Waals surface area contributed by atoms with Gasteiger partial charge in [-0.3, -0.25) is 14.4 Å². The second-order valence-corrected chi connectivity index (χ2v) is 10.7. The molecular weight excluding hydrogens is 376 g/mol. The molecule has 3 rings (SSSR count). The van der Waals surface area contributed by atoms with Crippen LogP contribution < -0.4 is 0 Å². The van der Waals surface area contributed by atoms with Crippen LogP contribution >= 0.6 is 0 Å². The van der Waals surface area contributed by atoms with Crippen molar-refractivity contribution in [2.75, 3.05) is 38.2 Å². The van der Waals surface area contributed by atoms with Gasteiger partial charge >= 0.3 is 0 Å². The summed E-state index contributed by atoms with van der Waals surface area (Å²) in [5.74, 6) is 0.627. The van der Waals surface area contributed by atoms with Gasteiger partial charge in [0.25, 0.3) is 0 Å². The average Bonchev–Trinajstić information content (AvgIpc) is 3.08. The second kappa shape index (κ2) is 8.95. The molecule has 0 bridgehead atoms. The molecule has 2 fully saturated rings. The highest BCUT2D eigenvalue weighted by molar-refractivity contribution is 7.91. The SMILES string of the molecule is Cc1nn([C@@H]2CCS(=O)(=O)C2)c(C)c1CN(C)CC(=O)N1CCCCCCC1. The van der Waals surface area contributed by atoms with Gasteiger partial charge in [-0.05, 0) is 40.2 Å². The Morgan fingerprint density at radius 3 is 2.39 bits per heavy atom. The number of amides is 1. The number of likely N-dealkylation sites (tertiary alicyclic amines) is 1. The van der Waals surface area contributed by atoms with Crippen molar-refractivity contribution in [2.24, 2.45) is 0 Å². The summed E-state index contributed by atoms with van der Waals surface area (Å²) in [5, 5.41) is 4.63. The predicted molar refractivity (Wildman–Crippen MR) is 110 cm³/mol. The maximum atomic E-state index is 12.7. The topological polar surface area (TPSA) is 75.5 Å². The van der Waals surface area contributed by atoms with Crippen molar-refractivity contribution < 1.29 is 13.2 Å². The van der Waals surface area contributed by atoms with Gasteiger partial charge in [-0.2, -0.15) is 5.10 Å². The maximum absolute atomic E-state index is 12.7. The highest BCUT2D eigenvalue weighted by Gasteiger charge is 2.31. The summed E-state index contributed by atoms with van der Waals surface area (Å²) < 4.78 is 25.5. The molecule has 0 N–H and O–H groups in total. The number of hydrogen-bond donors (Lipinski definition) is 0. The molecule has 0 saturated carbocycles. The zero-order chi connectivity index (χ0) is 20.3. The van der Waals surface area contributed by atoms with E-state index in [1.165, 1.54) is 19.3 Å². The second-order valence-electron chi connectivity index (χ2n) is 8.47. The molecule has 2 aliphatic rings. The molecule has 3 heterocycles. The highest BCUT2D eigenvalue weighted by atomic mass is 32.2. The van der Waals surface area contributed by atoms with E-state index in [1.807, 2.05) is 35.4 Å². The van der Waals surface area contributed by atoms with E-state index in [1.54, 1.807) is 0 Å². The fourth-order valence-corrected chi connectivity index (χ4v) is 6.10. The van der Waals surface area contributed by atoms with Gasteiger partial charge in [0, 0.05) is 30.9 Å². The predicted octanol–water partition coefficient (Wildman–Crippen LogP) is 2.08. The summed E-state index contributed by atoms with van der Waals surface area (Å²) in [7, 11) is -0.972. The van der Waals surface area contributed by atoms with Gasteiger partial charge in [0.05, 0.1) is 29.8 Å². The summed E-state index contributed by atoms with van der Waals surface area (Å²) in [6, 6.07) is -0.0644. The first-order chi connectivity index (χ1) is 13.3. The summed E-state index contributed by atoms with van der Waals surface area (Å²) in [6.45, 7) is 6.78. The Bertz CT molecular complexity index is 795. The van der Waals surface area contributed by atoms with E-state index in [0.29, 0.717) is 19.5 Å². The van der Waals surface area contributed by atoms with Crippen LogP contribution in [-0.4, -0.2) is 72.1 Å². The molecule has 7 nitrogen and oxygen atoms in total. The van der Waals surface area contributed by atoms with Crippen molar-refractivity contribution in [3.8, 4) is 0 Å². The monoisotopic (exact) mass is 410 g/mol. The average molecular weight is 411 g/mol. The van der Waals surface area contributed by atoms with Gasteiger partial charge in [0.2, 0.25) is 5.91 Å². The molecule has 8 heteroatoms. The molecule has 1 aromatic heterocycles. The molecule has 2 saturated heterocycles. The number of rotatable bonds is 5. The molecule has 0 aliphatic carbocycles. The van der Waals surface area contributed by atoms with Crippen LogP contribution in [0.1, 0.15) is 61.5 Å². The summed E-state index contributed by atoms with van der Waals surface area (Å²) in [4.78, 5) is 16.8. The van der Waals surface area contributed by atoms with Crippen molar-refractivity contribution in [3.63, 3.8) is 0 Å². The number of hydrogen-bond acceptors (Lipinski definition) is 5. The van der Waals surface area contributed by atoms with Crippen LogP contribution in [0.3, 0.4) is 0 Å². The van der Waals surface area contributed by atoms with Crippen molar-refractivity contribution in [1.82, 2.24) is 19.6 Å². The molecule has 0 unspecified atom stereocenters. The molecule has 158 valence electrons.